The summed E-state index contributed by atoms with van der Waals surface area (Å²) in [5.74, 6) is 1.42. The van der Waals surface area contributed by atoms with Gasteiger partial charge in [-0.3, -0.25) is 0 Å². The molecule has 3 rings (SSSR count). The zero-order valence-electron chi connectivity index (χ0n) is 10.3. The van der Waals surface area contributed by atoms with E-state index >= 15 is 0 Å². The predicted molar refractivity (Wildman–Crippen MR) is 73.7 cm³/mol. The van der Waals surface area contributed by atoms with Crippen LogP contribution in [0.2, 0.25) is 0 Å². The summed E-state index contributed by atoms with van der Waals surface area (Å²) in [6.07, 6.45) is 14.0. The van der Waals surface area contributed by atoms with Crippen molar-refractivity contribution in [2.75, 3.05) is 0 Å². The monoisotopic (exact) mass is 222 g/mol. The van der Waals surface area contributed by atoms with Gasteiger partial charge in [0.2, 0.25) is 0 Å². The molecule has 1 aromatic carbocycles. The quantitative estimate of drug-likeness (QED) is 0.655. The van der Waals surface area contributed by atoms with E-state index in [0.717, 1.165) is 5.92 Å². The van der Waals surface area contributed by atoms with E-state index in [1.54, 1.807) is 5.57 Å². The van der Waals surface area contributed by atoms with Crippen LogP contribution in [0.15, 0.2) is 54.1 Å². The van der Waals surface area contributed by atoms with Crippen LogP contribution in [0.3, 0.4) is 0 Å². The van der Waals surface area contributed by atoms with Crippen molar-refractivity contribution in [3.05, 3.63) is 65.3 Å². The number of aryl methyl sites for hydroxylation is 1. The van der Waals surface area contributed by atoms with Crippen molar-refractivity contribution >= 4 is 6.08 Å². The first-order chi connectivity index (χ1) is 8.31. The topological polar surface area (TPSA) is 0 Å². The smallest absolute Gasteiger partial charge is 0.00109 e. The molecule has 2 atom stereocenters. The SMILES string of the molecule is Cc1ccc(/C=C2\C[C@H]3C=CC=C[C@@H]2C3)cc1. The molecule has 2 aliphatic carbocycles. The molecule has 1 fully saturated rings. The van der Waals surface area contributed by atoms with Crippen molar-refractivity contribution in [1.29, 1.82) is 0 Å². The molecule has 0 amide bonds. The standard InChI is InChI=1S/C17H18/c1-13-6-8-14(9-7-13)10-17-12-15-4-2-3-5-16(17)11-15/h2-10,15-16H,11-12H2,1H3/b17-10+/t15-,16+/m0/s1. The van der Waals surface area contributed by atoms with Gasteiger partial charge in [-0.15, -0.1) is 0 Å². The van der Waals surface area contributed by atoms with Crippen LogP contribution in [0.1, 0.15) is 24.0 Å². The van der Waals surface area contributed by atoms with Gasteiger partial charge in [0.05, 0.1) is 0 Å². The highest BCUT2D eigenvalue weighted by Gasteiger charge is 2.26. The molecular formula is C17H18. The molecule has 0 aromatic heterocycles. The third-order valence-electron chi connectivity index (χ3n) is 3.80. The summed E-state index contributed by atoms with van der Waals surface area (Å²) in [6.45, 7) is 2.14. The van der Waals surface area contributed by atoms with Crippen LogP contribution in [0.5, 0.6) is 0 Å². The van der Waals surface area contributed by atoms with Crippen LogP contribution in [-0.2, 0) is 0 Å². The minimum Gasteiger partial charge on any atom is -0.0811 e. The molecule has 0 nitrogen and oxygen atoms in total. The summed E-state index contributed by atoms with van der Waals surface area (Å²) in [4.78, 5) is 0. The van der Waals surface area contributed by atoms with Gasteiger partial charge in [-0.2, -0.15) is 0 Å². The van der Waals surface area contributed by atoms with Crippen LogP contribution in [0.4, 0.5) is 0 Å². The van der Waals surface area contributed by atoms with Gasteiger partial charge < -0.3 is 0 Å². The second-order valence-electron chi connectivity index (χ2n) is 5.21. The van der Waals surface area contributed by atoms with E-state index in [1.807, 2.05) is 0 Å². The minimum atomic E-state index is 0.663. The number of rotatable bonds is 1. The first-order valence-corrected chi connectivity index (χ1v) is 6.43. The Morgan fingerprint density at radius 1 is 1.06 bits per heavy atom. The van der Waals surface area contributed by atoms with Gasteiger partial charge >= 0.3 is 0 Å². The van der Waals surface area contributed by atoms with E-state index in [9.17, 15) is 0 Å². The summed E-state index contributed by atoms with van der Waals surface area (Å²) in [5.41, 5.74) is 4.27. The van der Waals surface area contributed by atoms with Crippen molar-refractivity contribution in [3.63, 3.8) is 0 Å². The minimum absolute atomic E-state index is 0.663. The van der Waals surface area contributed by atoms with E-state index in [-0.39, 0.29) is 0 Å². The van der Waals surface area contributed by atoms with Crippen LogP contribution in [-0.4, -0.2) is 0 Å². The van der Waals surface area contributed by atoms with Crippen LogP contribution >= 0.6 is 0 Å². The molecule has 1 aromatic rings. The zero-order valence-corrected chi connectivity index (χ0v) is 10.3. The highest BCUT2D eigenvalue weighted by Crippen LogP contribution is 2.39. The molecule has 2 aliphatic rings. The lowest BCUT2D eigenvalue weighted by Crippen LogP contribution is -1.91. The van der Waals surface area contributed by atoms with Gasteiger partial charge in [0.25, 0.3) is 0 Å². The highest BCUT2D eigenvalue weighted by molar-refractivity contribution is 5.55. The van der Waals surface area contributed by atoms with Gasteiger partial charge in [-0.25, -0.2) is 0 Å². The maximum atomic E-state index is 2.38. The van der Waals surface area contributed by atoms with Gasteiger partial charge in [0.15, 0.2) is 0 Å². The summed E-state index contributed by atoms with van der Waals surface area (Å²) >= 11 is 0. The van der Waals surface area contributed by atoms with Gasteiger partial charge in [0, 0.05) is 0 Å². The Kier molecular flexibility index (Phi) is 2.72. The normalized spacial score (nSPS) is 28.6. The van der Waals surface area contributed by atoms with E-state index in [4.69, 9.17) is 0 Å². The van der Waals surface area contributed by atoms with Crippen LogP contribution in [0, 0.1) is 18.8 Å². The van der Waals surface area contributed by atoms with E-state index in [2.05, 4.69) is 61.6 Å². The molecule has 0 radical (unpaired) electrons. The Labute approximate surface area is 103 Å². The third-order valence-corrected chi connectivity index (χ3v) is 3.80. The van der Waals surface area contributed by atoms with Crippen molar-refractivity contribution in [2.24, 2.45) is 11.8 Å². The van der Waals surface area contributed by atoms with Gasteiger partial charge in [-0.1, -0.05) is 65.8 Å². The number of benzene rings is 1. The molecule has 1 saturated carbocycles. The first kappa shape index (κ1) is 10.6. The second-order valence-corrected chi connectivity index (χ2v) is 5.21. The number of hydrogen-bond donors (Lipinski definition) is 0. The fourth-order valence-corrected chi connectivity index (χ4v) is 2.83. The molecule has 0 heterocycles. The Hall–Kier alpha value is -1.56. The average Bonchev–Trinajstić information content (AvgIpc) is 2.54. The molecule has 0 heteroatoms. The molecule has 0 N–H and O–H groups in total. The molecule has 0 spiro atoms. The van der Waals surface area contributed by atoms with Crippen molar-refractivity contribution in [1.82, 2.24) is 0 Å². The molecular weight excluding hydrogens is 204 g/mol. The van der Waals surface area contributed by atoms with E-state index < -0.39 is 0 Å². The number of hydrogen-bond acceptors (Lipinski definition) is 0. The highest BCUT2D eigenvalue weighted by atomic mass is 14.3. The second kappa shape index (κ2) is 4.37. The largest absolute Gasteiger partial charge is 0.0811 e. The maximum absolute atomic E-state index is 2.38. The summed E-state index contributed by atoms with van der Waals surface area (Å²) in [7, 11) is 0. The Morgan fingerprint density at radius 2 is 1.82 bits per heavy atom. The maximum Gasteiger partial charge on any atom is -0.00109 e. The van der Waals surface area contributed by atoms with Crippen LogP contribution in [0.25, 0.3) is 6.08 Å². The third kappa shape index (κ3) is 2.26. The summed E-state index contributed by atoms with van der Waals surface area (Å²) in [5, 5.41) is 0. The van der Waals surface area contributed by atoms with Crippen molar-refractivity contribution in [3.8, 4) is 0 Å². The molecule has 86 valence electrons. The Morgan fingerprint density at radius 3 is 2.65 bits per heavy atom. The lowest BCUT2D eigenvalue weighted by Gasteiger charge is -2.06. The predicted octanol–water partition coefficient (Wildman–Crippen LogP) is 4.53. The lowest BCUT2D eigenvalue weighted by molar-refractivity contribution is 0.651. The van der Waals surface area contributed by atoms with Gasteiger partial charge in [0.1, 0.15) is 0 Å². The Balaban J connectivity index is 1.88. The molecule has 17 heavy (non-hydrogen) atoms. The summed E-state index contributed by atoms with van der Waals surface area (Å²) < 4.78 is 0. The lowest BCUT2D eigenvalue weighted by atomic mass is 9.99. The van der Waals surface area contributed by atoms with E-state index in [1.165, 1.54) is 24.0 Å². The summed E-state index contributed by atoms with van der Waals surface area (Å²) in [6, 6.07) is 8.82. The number of fused-ring (bicyclic) bond motifs is 2. The van der Waals surface area contributed by atoms with Gasteiger partial charge in [-0.05, 0) is 37.2 Å². The Bertz CT molecular complexity index is 485. The molecule has 2 bridgehead atoms. The molecule has 0 aliphatic heterocycles. The molecule has 0 saturated heterocycles. The number of allylic oxidation sites excluding steroid dienone is 5. The first-order valence-electron chi connectivity index (χ1n) is 6.43. The fourth-order valence-electron chi connectivity index (χ4n) is 2.83. The molecule has 0 unspecified atom stereocenters. The average molecular weight is 222 g/mol. The fraction of sp³-hybridized carbons (Fsp3) is 0.294. The van der Waals surface area contributed by atoms with E-state index in [0.29, 0.717) is 5.92 Å². The van der Waals surface area contributed by atoms with Crippen molar-refractivity contribution < 1.29 is 0 Å². The zero-order chi connectivity index (χ0) is 11.7. The van der Waals surface area contributed by atoms with Crippen molar-refractivity contribution in [2.45, 2.75) is 19.8 Å². The van der Waals surface area contributed by atoms with Crippen LogP contribution < -0.4 is 0 Å².